The van der Waals surface area contributed by atoms with Crippen LogP contribution in [0, 0.1) is 17.8 Å². The molecule has 1 aliphatic rings. The molecule has 1 fully saturated rings. The lowest BCUT2D eigenvalue weighted by atomic mass is 9.96. The van der Waals surface area contributed by atoms with Crippen molar-refractivity contribution < 1.29 is 4.74 Å². The highest BCUT2D eigenvalue weighted by atomic mass is 16.5. The molecule has 102 valence electrons. The van der Waals surface area contributed by atoms with Crippen LogP contribution >= 0.6 is 0 Å². The molecule has 0 saturated heterocycles. The van der Waals surface area contributed by atoms with E-state index in [9.17, 15) is 0 Å². The van der Waals surface area contributed by atoms with Crippen molar-refractivity contribution in [2.75, 3.05) is 19.8 Å². The molecule has 1 aliphatic carbocycles. The topological polar surface area (TPSA) is 21.3 Å². The minimum absolute atomic E-state index is 0.666. The molecule has 0 bridgehead atoms. The smallest absolute Gasteiger partial charge is 0.0591 e. The largest absolute Gasteiger partial charge is 0.380 e. The van der Waals surface area contributed by atoms with Gasteiger partial charge in [-0.25, -0.2) is 0 Å². The molecule has 0 atom stereocenters. The molecule has 0 spiro atoms. The maximum Gasteiger partial charge on any atom is 0.0591 e. The van der Waals surface area contributed by atoms with E-state index in [1.54, 1.807) is 0 Å². The minimum Gasteiger partial charge on any atom is -0.380 e. The molecule has 0 unspecified atom stereocenters. The van der Waals surface area contributed by atoms with E-state index in [2.05, 4.69) is 33.0 Å². The first kappa shape index (κ1) is 15.0. The summed E-state index contributed by atoms with van der Waals surface area (Å²) in [7, 11) is 0. The summed E-state index contributed by atoms with van der Waals surface area (Å²) in [5, 5.41) is 3.65. The maximum absolute atomic E-state index is 5.66. The molecular weight excluding hydrogens is 210 g/mol. The van der Waals surface area contributed by atoms with Crippen LogP contribution in [0.1, 0.15) is 53.4 Å². The highest BCUT2D eigenvalue weighted by Gasteiger charge is 2.21. The van der Waals surface area contributed by atoms with Gasteiger partial charge in [-0.3, -0.25) is 0 Å². The van der Waals surface area contributed by atoms with Crippen LogP contribution in [0.5, 0.6) is 0 Å². The zero-order valence-corrected chi connectivity index (χ0v) is 12.2. The van der Waals surface area contributed by atoms with E-state index in [0.29, 0.717) is 6.04 Å². The summed E-state index contributed by atoms with van der Waals surface area (Å²) in [6.07, 6.45) is 5.33. The molecule has 0 aromatic rings. The zero-order valence-electron chi connectivity index (χ0n) is 12.2. The monoisotopic (exact) mass is 241 g/mol. The predicted molar refractivity (Wildman–Crippen MR) is 74.2 cm³/mol. The van der Waals surface area contributed by atoms with Crippen LogP contribution in [0.3, 0.4) is 0 Å². The van der Waals surface area contributed by atoms with Gasteiger partial charge in [-0.1, -0.05) is 27.7 Å². The van der Waals surface area contributed by atoms with Crippen LogP contribution < -0.4 is 5.32 Å². The number of rotatable bonds is 10. The molecule has 0 aromatic carbocycles. The van der Waals surface area contributed by atoms with Crippen molar-refractivity contribution in [3.63, 3.8) is 0 Å². The van der Waals surface area contributed by atoms with Crippen molar-refractivity contribution in [1.82, 2.24) is 5.32 Å². The second-order valence-corrected chi connectivity index (χ2v) is 6.43. The van der Waals surface area contributed by atoms with Crippen molar-refractivity contribution in [3.05, 3.63) is 0 Å². The van der Waals surface area contributed by atoms with Gasteiger partial charge in [0.1, 0.15) is 0 Å². The number of hydrogen-bond donors (Lipinski definition) is 1. The van der Waals surface area contributed by atoms with E-state index in [0.717, 1.165) is 37.5 Å². The predicted octanol–water partition coefficient (Wildman–Crippen LogP) is 3.46. The Bertz CT molecular complexity index is 177. The van der Waals surface area contributed by atoms with Gasteiger partial charge in [-0.15, -0.1) is 0 Å². The van der Waals surface area contributed by atoms with Gasteiger partial charge in [0, 0.05) is 19.2 Å². The summed E-state index contributed by atoms with van der Waals surface area (Å²) < 4.78 is 5.66. The average Bonchev–Trinajstić information content (AvgIpc) is 2.98. The third kappa shape index (κ3) is 8.62. The van der Waals surface area contributed by atoms with Crippen LogP contribution in [-0.4, -0.2) is 25.8 Å². The van der Waals surface area contributed by atoms with Crippen LogP contribution in [0.25, 0.3) is 0 Å². The van der Waals surface area contributed by atoms with E-state index < -0.39 is 0 Å². The molecule has 1 rings (SSSR count). The molecule has 2 nitrogen and oxygen atoms in total. The molecule has 1 N–H and O–H groups in total. The molecule has 0 radical (unpaired) electrons. The molecular formula is C15H31NO. The molecule has 0 aromatic heterocycles. The lowest BCUT2D eigenvalue weighted by Crippen LogP contribution is -2.34. The Labute approximate surface area is 108 Å². The lowest BCUT2D eigenvalue weighted by molar-refractivity contribution is 0.122. The maximum atomic E-state index is 5.66. The first-order chi connectivity index (χ1) is 8.08. The normalized spacial score (nSPS) is 16.4. The van der Waals surface area contributed by atoms with Crippen LogP contribution in [-0.2, 0) is 4.74 Å². The summed E-state index contributed by atoms with van der Waals surface area (Å²) in [4.78, 5) is 0. The third-order valence-corrected chi connectivity index (χ3v) is 3.24. The molecule has 1 saturated carbocycles. The van der Waals surface area contributed by atoms with Crippen LogP contribution in [0.15, 0.2) is 0 Å². The van der Waals surface area contributed by atoms with Gasteiger partial charge in [0.15, 0.2) is 0 Å². The van der Waals surface area contributed by atoms with Gasteiger partial charge < -0.3 is 10.1 Å². The Morgan fingerprint density at radius 1 is 1.06 bits per heavy atom. The lowest BCUT2D eigenvalue weighted by Gasteiger charge is -2.22. The summed E-state index contributed by atoms with van der Waals surface area (Å²) >= 11 is 0. The highest BCUT2D eigenvalue weighted by Crippen LogP contribution is 2.28. The molecule has 0 amide bonds. The Morgan fingerprint density at radius 3 is 2.12 bits per heavy atom. The Balaban J connectivity index is 2.04. The highest BCUT2D eigenvalue weighted by molar-refractivity contribution is 4.73. The van der Waals surface area contributed by atoms with E-state index >= 15 is 0 Å². The standard InChI is InChI=1S/C15H31NO/c1-12(2)9-15(10-13(3)4)16-7-8-17-11-14-5-6-14/h12-16H,5-11H2,1-4H3. The van der Waals surface area contributed by atoms with Crippen molar-refractivity contribution in [2.24, 2.45) is 17.8 Å². The SMILES string of the molecule is CC(C)CC(CC(C)C)NCCOCC1CC1. The zero-order chi connectivity index (χ0) is 12.7. The van der Waals surface area contributed by atoms with E-state index in [4.69, 9.17) is 4.74 Å². The Hall–Kier alpha value is -0.0800. The summed E-state index contributed by atoms with van der Waals surface area (Å²) in [6.45, 7) is 12.1. The fraction of sp³-hybridized carbons (Fsp3) is 1.00. The number of nitrogens with one attached hydrogen (secondary N) is 1. The average molecular weight is 241 g/mol. The van der Waals surface area contributed by atoms with Gasteiger partial charge in [0.05, 0.1) is 6.61 Å². The molecule has 2 heteroatoms. The minimum atomic E-state index is 0.666. The summed E-state index contributed by atoms with van der Waals surface area (Å²) in [5.74, 6) is 2.44. The Kier molecular flexibility index (Phi) is 7.14. The van der Waals surface area contributed by atoms with E-state index in [1.165, 1.54) is 25.7 Å². The first-order valence-electron chi connectivity index (χ1n) is 7.39. The van der Waals surface area contributed by atoms with E-state index in [-0.39, 0.29) is 0 Å². The quantitative estimate of drug-likeness (QED) is 0.591. The van der Waals surface area contributed by atoms with Crippen LogP contribution in [0.2, 0.25) is 0 Å². The second kappa shape index (κ2) is 8.10. The van der Waals surface area contributed by atoms with Crippen molar-refractivity contribution in [1.29, 1.82) is 0 Å². The molecule has 17 heavy (non-hydrogen) atoms. The van der Waals surface area contributed by atoms with Crippen molar-refractivity contribution in [2.45, 2.75) is 59.4 Å². The van der Waals surface area contributed by atoms with Gasteiger partial charge >= 0.3 is 0 Å². The van der Waals surface area contributed by atoms with Gasteiger partial charge in [-0.2, -0.15) is 0 Å². The van der Waals surface area contributed by atoms with Crippen molar-refractivity contribution in [3.8, 4) is 0 Å². The second-order valence-electron chi connectivity index (χ2n) is 6.43. The first-order valence-corrected chi connectivity index (χ1v) is 7.39. The molecule has 0 heterocycles. The fourth-order valence-corrected chi connectivity index (χ4v) is 2.27. The van der Waals surface area contributed by atoms with Gasteiger partial charge in [0.2, 0.25) is 0 Å². The number of hydrogen-bond acceptors (Lipinski definition) is 2. The van der Waals surface area contributed by atoms with Crippen LogP contribution in [0.4, 0.5) is 0 Å². The van der Waals surface area contributed by atoms with Gasteiger partial charge in [0.25, 0.3) is 0 Å². The van der Waals surface area contributed by atoms with Gasteiger partial charge in [-0.05, 0) is 43.4 Å². The van der Waals surface area contributed by atoms with Crippen molar-refractivity contribution >= 4 is 0 Å². The third-order valence-electron chi connectivity index (χ3n) is 3.24. The number of ether oxygens (including phenoxy) is 1. The fourth-order valence-electron chi connectivity index (χ4n) is 2.27. The molecule has 0 aliphatic heterocycles. The Morgan fingerprint density at radius 2 is 1.65 bits per heavy atom. The summed E-state index contributed by atoms with van der Waals surface area (Å²) in [5.41, 5.74) is 0. The van der Waals surface area contributed by atoms with E-state index in [1.807, 2.05) is 0 Å². The summed E-state index contributed by atoms with van der Waals surface area (Å²) in [6, 6.07) is 0.666.